The quantitative estimate of drug-likeness (QED) is 0.354. The van der Waals surface area contributed by atoms with E-state index in [-0.39, 0.29) is 0 Å². The van der Waals surface area contributed by atoms with Gasteiger partial charge in [0, 0.05) is 0 Å². The van der Waals surface area contributed by atoms with Gasteiger partial charge in [0.15, 0.2) is 0 Å². The molecule has 0 fully saturated rings. The summed E-state index contributed by atoms with van der Waals surface area (Å²) in [6.45, 7) is 0. The summed E-state index contributed by atoms with van der Waals surface area (Å²) < 4.78 is 24.4. The fraction of sp³-hybridized carbons (Fsp3) is 0. The van der Waals surface area contributed by atoms with Crippen LogP contribution in [0.1, 0.15) is 0 Å². The molecule has 7 heavy (non-hydrogen) atoms. The van der Waals surface area contributed by atoms with E-state index in [1.165, 1.54) is 0 Å². The Labute approximate surface area is 41.9 Å². The van der Waals surface area contributed by atoms with Crippen molar-refractivity contribution in [2.45, 2.75) is 0 Å². The molecule has 0 aliphatic rings. The van der Waals surface area contributed by atoms with Crippen LogP contribution in [0.5, 0.6) is 0 Å². The van der Waals surface area contributed by atoms with Gasteiger partial charge in [0.05, 0.1) is 0 Å². The molecule has 0 aromatic rings. The first-order chi connectivity index (χ1) is 3.12. The molecule has 0 saturated heterocycles. The molecule has 44 valence electrons. The second kappa shape index (κ2) is 2.44. The maximum absolute atomic E-state index is 9.53. The topological polar surface area (TPSA) is 93.1 Å². The molecule has 0 aliphatic carbocycles. The molecule has 0 aromatic carbocycles. The first kappa shape index (κ1) is 7.13. The first-order valence-corrected chi connectivity index (χ1v) is 4.31. The molecular formula is H2MoO6. The van der Waals surface area contributed by atoms with Gasteiger partial charge in [0.25, 0.3) is 0 Å². The van der Waals surface area contributed by atoms with Crippen molar-refractivity contribution in [3.63, 3.8) is 0 Å². The van der Waals surface area contributed by atoms with Gasteiger partial charge in [-0.15, -0.1) is 0 Å². The van der Waals surface area contributed by atoms with Crippen LogP contribution in [0.3, 0.4) is 0 Å². The maximum atomic E-state index is 9.53. The molecule has 0 atom stereocenters. The van der Waals surface area contributed by atoms with E-state index in [1.54, 1.807) is 0 Å². The molecule has 0 aliphatic heterocycles. The van der Waals surface area contributed by atoms with Crippen LogP contribution in [-0.4, -0.2) is 10.5 Å². The first-order valence-electron chi connectivity index (χ1n) is 1.03. The number of hydrogen-bond donors (Lipinski definition) is 2. The Morgan fingerprint density at radius 3 is 1.43 bits per heavy atom. The molecule has 2 N–H and O–H groups in total. The third kappa shape index (κ3) is 2.78. The fourth-order valence-corrected chi connectivity index (χ4v) is 0.0805. The van der Waals surface area contributed by atoms with Gasteiger partial charge in [-0.1, -0.05) is 0 Å². The zero-order valence-corrected chi connectivity index (χ0v) is 4.94. The summed E-state index contributed by atoms with van der Waals surface area (Å²) in [5.41, 5.74) is 0. The van der Waals surface area contributed by atoms with Gasteiger partial charge in [0.2, 0.25) is 0 Å². The van der Waals surface area contributed by atoms with Gasteiger partial charge >= 0.3 is 41.1 Å². The van der Waals surface area contributed by atoms with Crippen molar-refractivity contribution < 1.29 is 41.1 Å². The van der Waals surface area contributed by atoms with E-state index >= 15 is 0 Å². The third-order valence-corrected chi connectivity index (χ3v) is 1.08. The summed E-state index contributed by atoms with van der Waals surface area (Å²) in [5, 5.41) is 14.5. The minimum atomic E-state index is -5.49. The second-order valence-electron chi connectivity index (χ2n) is 0.557. The van der Waals surface area contributed by atoms with Crippen LogP contribution in [0.15, 0.2) is 0 Å². The standard InChI is InChI=1S/Mo.2H2O2.2O/c;2*1-2;;/h;2*1-2H;;/q+2;;;;/p-2. The number of hydrogen-bond acceptors (Lipinski definition) is 6. The van der Waals surface area contributed by atoms with Crippen molar-refractivity contribution in [3.05, 3.63) is 0 Å². The fourth-order valence-electron chi connectivity index (χ4n) is 0.0136. The molecule has 0 radical (unpaired) electrons. The van der Waals surface area contributed by atoms with E-state index in [1.807, 2.05) is 0 Å². The van der Waals surface area contributed by atoms with Crippen molar-refractivity contribution in [2.24, 2.45) is 0 Å². The zero-order valence-electron chi connectivity index (χ0n) is 2.94. The van der Waals surface area contributed by atoms with Crippen LogP contribution in [0.4, 0.5) is 0 Å². The van der Waals surface area contributed by atoms with E-state index in [0.29, 0.717) is 0 Å². The van der Waals surface area contributed by atoms with Crippen LogP contribution in [0, 0.1) is 0 Å². The molecular weight excluding hydrogens is 192 g/mol. The Morgan fingerprint density at radius 2 is 1.43 bits per heavy atom. The average molecular weight is 194 g/mol. The molecule has 6 nitrogen and oxygen atoms in total. The molecule has 0 aromatic heterocycles. The Balaban J connectivity index is 3.89. The average Bonchev–Trinajstić information content (AvgIpc) is 1.68. The molecule has 0 rings (SSSR count). The van der Waals surface area contributed by atoms with Gasteiger partial charge in [-0.2, -0.15) is 0 Å². The summed E-state index contributed by atoms with van der Waals surface area (Å²) in [4.78, 5) is 0. The van der Waals surface area contributed by atoms with Gasteiger partial charge in [-0.05, 0) is 0 Å². The van der Waals surface area contributed by atoms with E-state index in [4.69, 9.17) is 10.5 Å². The summed E-state index contributed by atoms with van der Waals surface area (Å²) in [6, 6.07) is 0. The van der Waals surface area contributed by atoms with Crippen molar-refractivity contribution in [2.75, 3.05) is 0 Å². The van der Waals surface area contributed by atoms with Gasteiger partial charge in [-0.25, -0.2) is 0 Å². The SMILES string of the molecule is [O]=[Mo](=[O])([O]O)[O]O. The van der Waals surface area contributed by atoms with Gasteiger partial charge in [0.1, 0.15) is 0 Å². The minimum absolute atomic E-state index is 2.69. The number of rotatable bonds is 2. The predicted molar refractivity (Wildman–Crippen MR) is 8.80 cm³/mol. The molecule has 0 spiro atoms. The molecule has 0 heterocycles. The third-order valence-electron chi connectivity index (χ3n) is 0.183. The van der Waals surface area contributed by atoms with Crippen LogP contribution in [0.2, 0.25) is 0 Å². The Hall–Kier alpha value is 0.128. The van der Waals surface area contributed by atoms with Crippen molar-refractivity contribution in [3.8, 4) is 0 Å². The molecule has 0 amide bonds. The summed E-state index contributed by atoms with van der Waals surface area (Å²) in [6.07, 6.45) is 0. The van der Waals surface area contributed by atoms with Crippen molar-refractivity contribution >= 4 is 0 Å². The van der Waals surface area contributed by atoms with Crippen LogP contribution in [-0.2, 0) is 30.6 Å². The molecule has 0 saturated carbocycles. The predicted octanol–water partition coefficient (Wildman–Crippen LogP) is -0.359. The van der Waals surface area contributed by atoms with Crippen LogP contribution >= 0.6 is 0 Å². The summed E-state index contributed by atoms with van der Waals surface area (Å²) >= 11 is -5.49. The Bertz CT molecular complexity index is 107. The monoisotopic (exact) mass is 196 g/mol. The van der Waals surface area contributed by atoms with Crippen LogP contribution in [0.25, 0.3) is 0 Å². The normalized spacial score (nSPS) is 11.7. The Kier molecular flexibility index (Phi) is 2.48. The second-order valence-corrected chi connectivity index (χ2v) is 3.30. The van der Waals surface area contributed by atoms with E-state index in [9.17, 15) is 6.80 Å². The van der Waals surface area contributed by atoms with Gasteiger partial charge < -0.3 is 0 Å². The van der Waals surface area contributed by atoms with E-state index in [0.717, 1.165) is 0 Å². The Morgan fingerprint density at radius 1 is 1.14 bits per heavy atom. The van der Waals surface area contributed by atoms with Crippen LogP contribution < -0.4 is 0 Å². The molecule has 0 bridgehead atoms. The van der Waals surface area contributed by atoms with Gasteiger partial charge in [-0.3, -0.25) is 0 Å². The van der Waals surface area contributed by atoms with E-state index < -0.39 is 16.7 Å². The summed E-state index contributed by atoms with van der Waals surface area (Å²) in [7, 11) is 0. The summed E-state index contributed by atoms with van der Waals surface area (Å²) in [5.74, 6) is 0. The van der Waals surface area contributed by atoms with Crippen molar-refractivity contribution in [1.29, 1.82) is 0 Å². The van der Waals surface area contributed by atoms with Crippen molar-refractivity contribution in [1.82, 2.24) is 0 Å². The van der Waals surface area contributed by atoms with E-state index in [2.05, 4.69) is 7.08 Å². The molecule has 0 unspecified atom stereocenters. The zero-order chi connectivity index (χ0) is 5.91. The molecule has 7 heteroatoms.